The second-order valence-electron chi connectivity index (χ2n) is 2.94. The van der Waals surface area contributed by atoms with E-state index >= 15 is 0 Å². The van der Waals surface area contributed by atoms with E-state index < -0.39 is 0 Å². The average Bonchev–Trinajstić information content (AvgIpc) is 2.31. The first-order valence-corrected chi connectivity index (χ1v) is 3.95. The molecule has 0 amide bonds. The molecule has 4 nitrogen and oxygen atoms in total. The Hall–Kier alpha value is -1.03. The Bertz CT molecular complexity index is 237. The Labute approximate surface area is 72.3 Å². The first kappa shape index (κ1) is 9.06. The van der Waals surface area contributed by atoms with Gasteiger partial charge in [0.25, 0.3) is 0 Å². The van der Waals surface area contributed by atoms with Crippen LogP contribution in [0.1, 0.15) is 12.6 Å². The number of nitrogens with zero attached hydrogens (tertiary/aromatic N) is 2. The van der Waals surface area contributed by atoms with Crippen LogP contribution in [0.2, 0.25) is 0 Å². The van der Waals surface area contributed by atoms with E-state index in [1.807, 2.05) is 20.0 Å². The molecule has 2 N–H and O–H groups in total. The Morgan fingerprint density at radius 3 is 2.83 bits per heavy atom. The number of aromatic nitrogens is 2. The average molecular weight is 169 g/mol. The van der Waals surface area contributed by atoms with E-state index in [4.69, 9.17) is 10.5 Å². The highest BCUT2D eigenvalue weighted by atomic mass is 16.5. The largest absolute Gasteiger partial charge is 0.396 e. The van der Waals surface area contributed by atoms with Crippen LogP contribution in [-0.2, 0) is 11.3 Å². The molecule has 0 saturated carbocycles. The van der Waals surface area contributed by atoms with Crippen molar-refractivity contribution in [1.82, 2.24) is 9.78 Å². The topological polar surface area (TPSA) is 53.1 Å². The van der Waals surface area contributed by atoms with Gasteiger partial charge in [-0.15, -0.1) is 0 Å². The molecule has 0 radical (unpaired) electrons. The second-order valence-corrected chi connectivity index (χ2v) is 2.94. The third-order valence-electron chi connectivity index (χ3n) is 1.83. The fraction of sp³-hybridized carbons (Fsp3) is 0.625. The monoisotopic (exact) mass is 169 g/mol. The van der Waals surface area contributed by atoms with Crippen molar-refractivity contribution in [2.45, 2.75) is 26.5 Å². The maximum atomic E-state index is 5.63. The molecule has 0 spiro atoms. The Morgan fingerprint density at radius 2 is 2.42 bits per heavy atom. The minimum absolute atomic E-state index is 0.170. The summed E-state index contributed by atoms with van der Waals surface area (Å²) in [5.41, 5.74) is 7.24. The van der Waals surface area contributed by atoms with Gasteiger partial charge in [0, 0.05) is 13.3 Å². The van der Waals surface area contributed by atoms with E-state index in [0.717, 1.165) is 17.9 Å². The third kappa shape index (κ3) is 1.98. The van der Waals surface area contributed by atoms with E-state index in [-0.39, 0.29) is 6.10 Å². The summed E-state index contributed by atoms with van der Waals surface area (Å²) < 4.78 is 6.91. The van der Waals surface area contributed by atoms with Crippen molar-refractivity contribution in [3.8, 4) is 0 Å². The number of nitrogen functional groups attached to an aromatic ring is 1. The summed E-state index contributed by atoms with van der Waals surface area (Å²) in [7, 11) is 1.68. The standard InChI is InChI=1S/C8H15N3O/c1-6(12-3)4-11-5-8(9)7(2)10-11/h5-6H,4,9H2,1-3H3/t6-/m1/s1. The molecular formula is C8H15N3O. The van der Waals surface area contributed by atoms with Crippen molar-refractivity contribution >= 4 is 5.69 Å². The Kier molecular flexibility index (Phi) is 2.70. The predicted molar refractivity (Wildman–Crippen MR) is 47.8 cm³/mol. The second kappa shape index (κ2) is 3.58. The molecule has 0 aromatic carbocycles. The number of hydrogen-bond donors (Lipinski definition) is 1. The van der Waals surface area contributed by atoms with Gasteiger partial charge in [0.15, 0.2) is 0 Å². The van der Waals surface area contributed by atoms with Crippen molar-refractivity contribution in [3.05, 3.63) is 11.9 Å². The number of anilines is 1. The fourth-order valence-electron chi connectivity index (χ4n) is 0.965. The summed E-state index contributed by atoms with van der Waals surface area (Å²) in [4.78, 5) is 0. The smallest absolute Gasteiger partial charge is 0.0822 e. The van der Waals surface area contributed by atoms with Crippen molar-refractivity contribution in [2.75, 3.05) is 12.8 Å². The lowest BCUT2D eigenvalue weighted by Gasteiger charge is -2.08. The molecule has 1 atom stereocenters. The molecule has 0 aliphatic carbocycles. The van der Waals surface area contributed by atoms with Crippen LogP contribution in [0.3, 0.4) is 0 Å². The SMILES string of the molecule is CO[C@H](C)Cn1cc(N)c(C)n1. The molecule has 1 heterocycles. The number of nitrogens with two attached hydrogens (primary N) is 1. The minimum Gasteiger partial charge on any atom is -0.396 e. The third-order valence-corrected chi connectivity index (χ3v) is 1.83. The van der Waals surface area contributed by atoms with Crippen LogP contribution in [0.5, 0.6) is 0 Å². The van der Waals surface area contributed by atoms with Crippen LogP contribution in [0.25, 0.3) is 0 Å². The predicted octanol–water partition coefficient (Wildman–Crippen LogP) is 0.809. The number of rotatable bonds is 3. The Morgan fingerprint density at radius 1 is 1.75 bits per heavy atom. The summed E-state index contributed by atoms with van der Waals surface area (Å²) in [5, 5.41) is 4.21. The lowest BCUT2D eigenvalue weighted by atomic mass is 10.4. The number of ether oxygens (including phenoxy) is 1. The molecule has 1 aromatic rings. The zero-order chi connectivity index (χ0) is 9.14. The van der Waals surface area contributed by atoms with E-state index in [1.165, 1.54) is 0 Å². The molecule has 0 unspecified atom stereocenters. The zero-order valence-electron chi connectivity index (χ0n) is 7.74. The summed E-state index contributed by atoms with van der Waals surface area (Å²) in [6.45, 7) is 4.63. The van der Waals surface area contributed by atoms with Gasteiger partial charge in [-0.25, -0.2) is 0 Å². The maximum Gasteiger partial charge on any atom is 0.0822 e. The summed E-state index contributed by atoms with van der Waals surface area (Å²) >= 11 is 0. The lowest BCUT2D eigenvalue weighted by molar-refractivity contribution is 0.0998. The van der Waals surface area contributed by atoms with Crippen molar-refractivity contribution in [1.29, 1.82) is 0 Å². The molecule has 1 rings (SSSR count). The van der Waals surface area contributed by atoms with Crippen molar-refractivity contribution in [2.24, 2.45) is 0 Å². The van der Waals surface area contributed by atoms with E-state index in [2.05, 4.69) is 5.10 Å². The highest BCUT2D eigenvalue weighted by Crippen LogP contribution is 2.07. The molecule has 0 saturated heterocycles. The van der Waals surface area contributed by atoms with Gasteiger partial charge in [0.05, 0.1) is 24.0 Å². The molecular weight excluding hydrogens is 154 g/mol. The molecule has 0 bridgehead atoms. The molecule has 12 heavy (non-hydrogen) atoms. The first-order chi connectivity index (χ1) is 5.63. The number of methoxy groups -OCH3 is 1. The van der Waals surface area contributed by atoms with Gasteiger partial charge in [-0.3, -0.25) is 4.68 Å². The van der Waals surface area contributed by atoms with Gasteiger partial charge in [0.2, 0.25) is 0 Å². The molecule has 0 aliphatic rings. The van der Waals surface area contributed by atoms with E-state index in [0.29, 0.717) is 0 Å². The molecule has 0 fully saturated rings. The summed E-state index contributed by atoms with van der Waals surface area (Å²) in [6.07, 6.45) is 1.99. The van der Waals surface area contributed by atoms with Crippen LogP contribution < -0.4 is 5.73 Å². The molecule has 4 heteroatoms. The summed E-state index contributed by atoms with van der Waals surface area (Å²) in [6, 6.07) is 0. The van der Waals surface area contributed by atoms with Crippen LogP contribution in [0, 0.1) is 6.92 Å². The summed E-state index contributed by atoms with van der Waals surface area (Å²) in [5.74, 6) is 0. The van der Waals surface area contributed by atoms with Crippen molar-refractivity contribution in [3.63, 3.8) is 0 Å². The van der Waals surface area contributed by atoms with Crippen LogP contribution in [0.15, 0.2) is 6.20 Å². The van der Waals surface area contributed by atoms with Crippen LogP contribution >= 0.6 is 0 Å². The van der Waals surface area contributed by atoms with Gasteiger partial charge in [-0.05, 0) is 13.8 Å². The van der Waals surface area contributed by atoms with Gasteiger partial charge >= 0.3 is 0 Å². The number of aryl methyl sites for hydroxylation is 1. The van der Waals surface area contributed by atoms with Gasteiger partial charge in [-0.1, -0.05) is 0 Å². The quantitative estimate of drug-likeness (QED) is 0.728. The van der Waals surface area contributed by atoms with E-state index in [9.17, 15) is 0 Å². The molecule has 1 aromatic heterocycles. The van der Waals surface area contributed by atoms with Gasteiger partial charge < -0.3 is 10.5 Å². The van der Waals surface area contributed by atoms with Crippen LogP contribution in [0.4, 0.5) is 5.69 Å². The maximum absolute atomic E-state index is 5.63. The van der Waals surface area contributed by atoms with Crippen molar-refractivity contribution < 1.29 is 4.74 Å². The lowest BCUT2D eigenvalue weighted by Crippen LogP contribution is -2.14. The molecule has 68 valence electrons. The van der Waals surface area contributed by atoms with E-state index in [1.54, 1.807) is 11.8 Å². The first-order valence-electron chi connectivity index (χ1n) is 3.95. The normalized spacial score (nSPS) is 13.2. The molecule has 0 aliphatic heterocycles. The minimum atomic E-state index is 0.170. The van der Waals surface area contributed by atoms with Gasteiger partial charge in [-0.2, -0.15) is 5.10 Å². The van der Waals surface area contributed by atoms with Gasteiger partial charge in [0.1, 0.15) is 0 Å². The zero-order valence-corrected chi connectivity index (χ0v) is 7.74. The van der Waals surface area contributed by atoms with Crippen LogP contribution in [-0.4, -0.2) is 23.0 Å². The highest BCUT2D eigenvalue weighted by Gasteiger charge is 2.04. The fourth-order valence-corrected chi connectivity index (χ4v) is 0.965. The Balaban J connectivity index is 2.64. The number of hydrogen-bond acceptors (Lipinski definition) is 3. The highest BCUT2D eigenvalue weighted by molar-refractivity contribution is 5.39.